The monoisotopic (exact) mass is 434 g/mol. The number of esters is 1. The van der Waals surface area contributed by atoms with E-state index < -0.39 is 21.8 Å². The van der Waals surface area contributed by atoms with Crippen LogP contribution in [0.5, 0.6) is 0 Å². The minimum atomic E-state index is -4.01. The van der Waals surface area contributed by atoms with E-state index in [0.29, 0.717) is 16.9 Å². The summed E-state index contributed by atoms with van der Waals surface area (Å²) in [6.07, 6.45) is 0. The molecule has 152 valence electrons. The fourth-order valence-corrected chi connectivity index (χ4v) is 5.10. The third-order valence-corrected chi connectivity index (χ3v) is 7.01. The summed E-state index contributed by atoms with van der Waals surface area (Å²) in [7, 11) is -2.75. The first-order chi connectivity index (χ1) is 13.7. The number of aryl methyl sites for hydroxylation is 2. The standard InChI is InChI=1S/C20H19FN2O4S2/c1-13-10-15(20(24)27-3)4-9-19(13)29(25,26)23(11-17-12-28-14(2)22-17)18-7-5-16(21)6-8-18/h4-10,12H,11H2,1-3H3. The first-order valence-corrected chi connectivity index (χ1v) is 10.9. The number of nitrogens with zero attached hydrogens (tertiary/aromatic N) is 2. The number of hydrogen-bond acceptors (Lipinski definition) is 6. The Labute approximate surface area is 172 Å². The summed E-state index contributed by atoms with van der Waals surface area (Å²) in [5.74, 6) is -1.01. The average molecular weight is 435 g/mol. The van der Waals surface area contributed by atoms with Crippen molar-refractivity contribution in [3.05, 3.63) is 75.5 Å². The molecular formula is C20H19FN2O4S2. The molecule has 3 aromatic rings. The van der Waals surface area contributed by atoms with Gasteiger partial charge in [-0.25, -0.2) is 22.6 Å². The summed E-state index contributed by atoms with van der Waals surface area (Å²) in [6.45, 7) is 3.44. The average Bonchev–Trinajstić information content (AvgIpc) is 3.11. The summed E-state index contributed by atoms with van der Waals surface area (Å²) >= 11 is 1.42. The van der Waals surface area contributed by atoms with Gasteiger partial charge in [-0.1, -0.05) is 0 Å². The Bertz CT molecular complexity index is 1140. The van der Waals surface area contributed by atoms with Crippen LogP contribution in [-0.2, 0) is 21.3 Å². The van der Waals surface area contributed by atoms with E-state index in [2.05, 4.69) is 9.72 Å². The SMILES string of the molecule is COC(=O)c1ccc(S(=O)(=O)N(Cc2csc(C)n2)c2ccc(F)cc2)c(C)c1. The number of ether oxygens (including phenoxy) is 1. The fraction of sp³-hybridized carbons (Fsp3) is 0.200. The number of hydrogen-bond donors (Lipinski definition) is 0. The predicted molar refractivity (Wildman–Crippen MR) is 109 cm³/mol. The van der Waals surface area contributed by atoms with Crippen molar-refractivity contribution in [3.8, 4) is 0 Å². The third kappa shape index (κ3) is 4.46. The minimum absolute atomic E-state index is 0.00347. The maximum absolute atomic E-state index is 13.5. The van der Waals surface area contributed by atoms with Gasteiger partial charge in [0.05, 0.1) is 40.5 Å². The van der Waals surface area contributed by atoms with Crippen LogP contribution in [0.15, 0.2) is 52.7 Å². The van der Waals surface area contributed by atoms with Crippen LogP contribution in [0, 0.1) is 19.7 Å². The molecule has 6 nitrogen and oxygen atoms in total. The molecule has 0 aliphatic heterocycles. The molecule has 2 aromatic carbocycles. The Kier molecular flexibility index (Phi) is 5.99. The van der Waals surface area contributed by atoms with Gasteiger partial charge in [-0.3, -0.25) is 4.31 Å². The molecule has 0 radical (unpaired) electrons. The van der Waals surface area contributed by atoms with Gasteiger partial charge < -0.3 is 4.74 Å². The number of thiazole rings is 1. The smallest absolute Gasteiger partial charge is 0.337 e. The lowest BCUT2D eigenvalue weighted by Crippen LogP contribution is -2.31. The Hall–Kier alpha value is -2.78. The first-order valence-electron chi connectivity index (χ1n) is 8.60. The number of sulfonamides is 1. The summed E-state index contributed by atoms with van der Waals surface area (Å²) < 4.78 is 46.2. The molecule has 0 fully saturated rings. The molecule has 29 heavy (non-hydrogen) atoms. The van der Waals surface area contributed by atoms with Crippen LogP contribution in [0.4, 0.5) is 10.1 Å². The lowest BCUT2D eigenvalue weighted by Gasteiger charge is -2.25. The van der Waals surface area contributed by atoms with Gasteiger partial charge in [0, 0.05) is 5.38 Å². The Morgan fingerprint density at radius 3 is 2.41 bits per heavy atom. The molecule has 0 saturated carbocycles. The molecule has 0 aliphatic carbocycles. The summed E-state index contributed by atoms with van der Waals surface area (Å²) in [6, 6.07) is 9.47. The van der Waals surface area contributed by atoms with Crippen molar-refractivity contribution in [2.24, 2.45) is 0 Å². The molecule has 0 spiro atoms. The Morgan fingerprint density at radius 1 is 1.17 bits per heavy atom. The molecule has 0 N–H and O–H groups in total. The van der Waals surface area contributed by atoms with Crippen LogP contribution in [0.2, 0.25) is 0 Å². The third-order valence-electron chi connectivity index (χ3n) is 4.25. The zero-order valence-electron chi connectivity index (χ0n) is 16.0. The number of benzene rings is 2. The van der Waals surface area contributed by atoms with E-state index in [9.17, 15) is 17.6 Å². The van der Waals surface area contributed by atoms with Crippen LogP contribution < -0.4 is 4.31 Å². The Morgan fingerprint density at radius 2 is 1.86 bits per heavy atom. The van der Waals surface area contributed by atoms with E-state index in [1.54, 1.807) is 12.3 Å². The number of rotatable bonds is 6. The quantitative estimate of drug-likeness (QED) is 0.547. The molecule has 0 unspecified atom stereocenters. The second-order valence-corrected chi connectivity index (χ2v) is 9.21. The van der Waals surface area contributed by atoms with Crippen LogP contribution in [0.1, 0.15) is 26.6 Å². The van der Waals surface area contributed by atoms with E-state index in [0.717, 1.165) is 5.01 Å². The van der Waals surface area contributed by atoms with E-state index in [-0.39, 0.29) is 17.0 Å². The predicted octanol–water partition coefficient (Wildman–Crippen LogP) is 4.08. The summed E-state index contributed by atoms with van der Waals surface area (Å²) in [5.41, 5.74) is 1.56. The van der Waals surface area contributed by atoms with Crippen LogP contribution in [0.25, 0.3) is 0 Å². The summed E-state index contributed by atoms with van der Waals surface area (Å²) in [4.78, 5) is 16.1. The van der Waals surface area contributed by atoms with Gasteiger partial charge in [-0.2, -0.15) is 0 Å². The number of halogens is 1. The largest absolute Gasteiger partial charge is 0.465 e. The highest BCUT2D eigenvalue weighted by atomic mass is 32.2. The first kappa shape index (κ1) is 20.9. The van der Waals surface area contributed by atoms with E-state index >= 15 is 0 Å². The molecule has 0 bridgehead atoms. The van der Waals surface area contributed by atoms with Gasteiger partial charge in [-0.15, -0.1) is 11.3 Å². The Balaban J connectivity index is 2.08. The molecule has 0 aliphatic rings. The minimum Gasteiger partial charge on any atom is -0.465 e. The summed E-state index contributed by atoms with van der Waals surface area (Å²) in [5, 5.41) is 2.60. The lowest BCUT2D eigenvalue weighted by atomic mass is 10.1. The second-order valence-electron chi connectivity index (χ2n) is 6.32. The highest BCUT2D eigenvalue weighted by Gasteiger charge is 2.28. The van der Waals surface area contributed by atoms with Crippen LogP contribution in [-0.4, -0.2) is 26.5 Å². The molecule has 0 atom stereocenters. The number of methoxy groups -OCH3 is 1. The van der Waals surface area contributed by atoms with Gasteiger partial charge in [0.25, 0.3) is 10.0 Å². The number of carbonyl (C=O) groups is 1. The van der Waals surface area contributed by atoms with Gasteiger partial charge in [0.15, 0.2) is 0 Å². The van der Waals surface area contributed by atoms with Gasteiger partial charge in [-0.05, 0) is 61.9 Å². The van der Waals surface area contributed by atoms with Crippen molar-refractivity contribution < 1.29 is 22.3 Å². The van der Waals surface area contributed by atoms with E-state index in [1.807, 2.05) is 6.92 Å². The van der Waals surface area contributed by atoms with Crippen molar-refractivity contribution in [3.63, 3.8) is 0 Å². The van der Waals surface area contributed by atoms with Gasteiger partial charge >= 0.3 is 5.97 Å². The molecule has 9 heteroatoms. The van der Waals surface area contributed by atoms with Crippen molar-refractivity contribution >= 4 is 33.0 Å². The lowest BCUT2D eigenvalue weighted by molar-refractivity contribution is 0.0600. The van der Waals surface area contributed by atoms with Crippen LogP contribution >= 0.6 is 11.3 Å². The van der Waals surface area contributed by atoms with Crippen LogP contribution in [0.3, 0.4) is 0 Å². The van der Waals surface area contributed by atoms with Crippen molar-refractivity contribution in [2.45, 2.75) is 25.3 Å². The molecule has 1 heterocycles. The van der Waals surface area contributed by atoms with E-state index in [1.165, 1.54) is 65.2 Å². The molecule has 0 saturated heterocycles. The molecule has 1 aromatic heterocycles. The second kappa shape index (κ2) is 8.30. The maximum atomic E-state index is 13.5. The van der Waals surface area contributed by atoms with Gasteiger partial charge in [0.2, 0.25) is 0 Å². The normalized spacial score (nSPS) is 11.3. The number of aromatic nitrogens is 1. The molecule has 3 rings (SSSR count). The fourth-order valence-electron chi connectivity index (χ4n) is 2.85. The number of anilines is 1. The zero-order chi connectivity index (χ0) is 21.2. The van der Waals surface area contributed by atoms with Crippen molar-refractivity contribution in [2.75, 3.05) is 11.4 Å². The van der Waals surface area contributed by atoms with Gasteiger partial charge in [0.1, 0.15) is 5.82 Å². The van der Waals surface area contributed by atoms with Crippen molar-refractivity contribution in [1.82, 2.24) is 4.98 Å². The topological polar surface area (TPSA) is 76.6 Å². The molecular weight excluding hydrogens is 415 g/mol. The zero-order valence-corrected chi connectivity index (χ0v) is 17.7. The highest BCUT2D eigenvalue weighted by molar-refractivity contribution is 7.92. The number of carbonyl (C=O) groups excluding carboxylic acids is 1. The molecule has 0 amide bonds. The van der Waals surface area contributed by atoms with Crippen molar-refractivity contribution in [1.29, 1.82) is 0 Å². The van der Waals surface area contributed by atoms with E-state index in [4.69, 9.17) is 0 Å². The highest BCUT2D eigenvalue weighted by Crippen LogP contribution is 2.29. The maximum Gasteiger partial charge on any atom is 0.337 e.